The minimum atomic E-state index is -0.164. The molecule has 0 spiro atoms. The summed E-state index contributed by atoms with van der Waals surface area (Å²) in [5.41, 5.74) is 2.83. The topological polar surface area (TPSA) is 71.1 Å². The highest BCUT2D eigenvalue weighted by molar-refractivity contribution is 6.30. The Morgan fingerprint density at radius 1 is 1.19 bits per heavy atom. The Morgan fingerprint density at radius 3 is 2.81 bits per heavy atom. The molecule has 4 rings (SSSR count). The first-order valence-corrected chi connectivity index (χ1v) is 8.71. The van der Waals surface area contributed by atoms with Crippen molar-refractivity contribution < 1.29 is 9.53 Å². The fraction of sp³-hybridized carbons (Fsp3) is 0.211. The van der Waals surface area contributed by atoms with Crippen molar-refractivity contribution >= 4 is 17.5 Å². The Morgan fingerprint density at radius 2 is 2.04 bits per heavy atom. The van der Waals surface area contributed by atoms with Crippen LogP contribution in [0.2, 0.25) is 5.02 Å². The number of amides is 1. The van der Waals surface area contributed by atoms with Gasteiger partial charge in [-0.15, -0.1) is 0 Å². The molecule has 1 aromatic carbocycles. The van der Waals surface area contributed by atoms with Gasteiger partial charge in [0, 0.05) is 17.8 Å². The van der Waals surface area contributed by atoms with E-state index < -0.39 is 0 Å². The van der Waals surface area contributed by atoms with Crippen molar-refractivity contribution in [2.24, 2.45) is 0 Å². The van der Waals surface area contributed by atoms with Crippen molar-refractivity contribution in [3.05, 3.63) is 71.0 Å². The summed E-state index contributed by atoms with van der Waals surface area (Å²) in [5.74, 6) is -0.0954. The zero-order chi connectivity index (χ0) is 17.9. The first-order valence-electron chi connectivity index (χ1n) is 8.34. The second-order valence-electron chi connectivity index (χ2n) is 6.04. The standard InChI is InChI=1S/C19H17ClN4O2/c20-14-6-4-13(5-7-14)18-12-24(9-10-26-18)19(25)17-11-16(22-23-17)15-3-1-2-8-21-15/h1-8,11,18H,9-10,12H2,(H,22,23)/t18-/m1/s1. The fourth-order valence-electron chi connectivity index (χ4n) is 2.96. The molecule has 0 aliphatic carbocycles. The molecule has 26 heavy (non-hydrogen) atoms. The predicted molar refractivity (Wildman–Crippen MR) is 97.9 cm³/mol. The third-order valence-corrected chi connectivity index (χ3v) is 4.58. The van der Waals surface area contributed by atoms with Crippen molar-refractivity contribution in [2.75, 3.05) is 19.7 Å². The number of aromatic nitrogens is 3. The Kier molecular flexibility index (Phi) is 4.69. The Labute approximate surface area is 155 Å². The third-order valence-electron chi connectivity index (χ3n) is 4.33. The molecule has 132 valence electrons. The van der Waals surface area contributed by atoms with Gasteiger partial charge in [0.25, 0.3) is 5.91 Å². The number of rotatable bonds is 3. The number of ether oxygens (including phenoxy) is 1. The van der Waals surface area contributed by atoms with Crippen LogP contribution in [0, 0.1) is 0 Å². The number of carbonyl (C=O) groups excluding carboxylic acids is 1. The van der Waals surface area contributed by atoms with Gasteiger partial charge in [0.05, 0.1) is 18.8 Å². The summed E-state index contributed by atoms with van der Waals surface area (Å²) in [6.45, 7) is 1.51. The van der Waals surface area contributed by atoms with Crippen LogP contribution in [0.15, 0.2) is 54.7 Å². The lowest BCUT2D eigenvalue weighted by Crippen LogP contribution is -2.42. The van der Waals surface area contributed by atoms with Crippen molar-refractivity contribution in [1.82, 2.24) is 20.1 Å². The molecule has 1 atom stereocenters. The van der Waals surface area contributed by atoms with Crippen molar-refractivity contribution in [3.63, 3.8) is 0 Å². The lowest BCUT2D eigenvalue weighted by atomic mass is 10.1. The average molecular weight is 369 g/mol. The number of nitrogens with one attached hydrogen (secondary N) is 1. The number of benzene rings is 1. The molecule has 1 aliphatic rings. The largest absolute Gasteiger partial charge is 0.370 e. The second-order valence-corrected chi connectivity index (χ2v) is 6.48. The molecule has 0 radical (unpaired) electrons. The van der Waals surface area contributed by atoms with E-state index in [0.717, 1.165) is 11.3 Å². The molecule has 1 saturated heterocycles. The number of hydrogen-bond acceptors (Lipinski definition) is 4. The molecule has 1 fully saturated rings. The highest BCUT2D eigenvalue weighted by Gasteiger charge is 2.27. The predicted octanol–water partition coefficient (Wildman–Crippen LogP) is 3.34. The number of aromatic amines is 1. The molecule has 1 aliphatic heterocycles. The van der Waals surface area contributed by atoms with Gasteiger partial charge in [0.15, 0.2) is 0 Å². The smallest absolute Gasteiger partial charge is 0.272 e. The monoisotopic (exact) mass is 368 g/mol. The van der Waals surface area contributed by atoms with E-state index in [-0.39, 0.29) is 12.0 Å². The second kappa shape index (κ2) is 7.27. The van der Waals surface area contributed by atoms with E-state index in [1.807, 2.05) is 42.5 Å². The van der Waals surface area contributed by atoms with Gasteiger partial charge in [0.1, 0.15) is 17.5 Å². The van der Waals surface area contributed by atoms with Gasteiger partial charge in [-0.25, -0.2) is 0 Å². The summed E-state index contributed by atoms with van der Waals surface area (Å²) in [5, 5.41) is 7.71. The Hall–Kier alpha value is -2.70. The lowest BCUT2D eigenvalue weighted by molar-refractivity contribution is -0.0230. The highest BCUT2D eigenvalue weighted by Crippen LogP contribution is 2.25. The summed E-state index contributed by atoms with van der Waals surface area (Å²) in [6.07, 6.45) is 1.53. The summed E-state index contributed by atoms with van der Waals surface area (Å²) in [6, 6.07) is 14.8. The quantitative estimate of drug-likeness (QED) is 0.769. The zero-order valence-corrected chi connectivity index (χ0v) is 14.7. The zero-order valence-electron chi connectivity index (χ0n) is 13.9. The van der Waals surface area contributed by atoms with Gasteiger partial charge in [-0.3, -0.25) is 14.9 Å². The highest BCUT2D eigenvalue weighted by atomic mass is 35.5. The lowest BCUT2D eigenvalue weighted by Gasteiger charge is -2.33. The van der Waals surface area contributed by atoms with Crippen LogP contribution in [0.3, 0.4) is 0 Å². The number of halogens is 1. The molecule has 0 saturated carbocycles. The van der Waals surface area contributed by atoms with Crippen molar-refractivity contribution in [3.8, 4) is 11.4 Å². The molecule has 3 heterocycles. The van der Waals surface area contributed by atoms with Crippen molar-refractivity contribution in [1.29, 1.82) is 0 Å². The van der Waals surface area contributed by atoms with Crippen molar-refractivity contribution in [2.45, 2.75) is 6.10 Å². The number of nitrogens with zero attached hydrogens (tertiary/aromatic N) is 3. The summed E-state index contributed by atoms with van der Waals surface area (Å²) >= 11 is 5.94. The van der Waals surface area contributed by atoms with Gasteiger partial charge in [-0.05, 0) is 35.9 Å². The molecule has 1 amide bonds. The van der Waals surface area contributed by atoms with Crippen LogP contribution in [0.25, 0.3) is 11.4 Å². The van der Waals surface area contributed by atoms with E-state index in [4.69, 9.17) is 16.3 Å². The van der Waals surface area contributed by atoms with E-state index in [1.165, 1.54) is 0 Å². The molecule has 7 heteroatoms. The van der Waals surface area contributed by atoms with Gasteiger partial charge >= 0.3 is 0 Å². The first kappa shape index (κ1) is 16.8. The molecular formula is C19H17ClN4O2. The number of hydrogen-bond donors (Lipinski definition) is 1. The maximum Gasteiger partial charge on any atom is 0.272 e. The molecular weight excluding hydrogens is 352 g/mol. The van der Waals surface area contributed by atoms with E-state index >= 15 is 0 Å². The van der Waals surface area contributed by atoms with Crippen LogP contribution in [0.4, 0.5) is 0 Å². The Balaban J connectivity index is 1.49. The van der Waals surface area contributed by atoms with Crippen LogP contribution in [0.5, 0.6) is 0 Å². The van der Waals surface area contributed by atoms with Crippen LogP contribution >= 0.6 is 11.6 Å². The number of carbonyl (C=O) groups is 1. The van der Waals surface area contributed by atoms with E-state index in [0.29, 0.717) is 36.1 Å². The SMILES string of the molecule is O=C(c1cc(-c2ccccn2)n[nH]1)N1CCO[C@@H](c2ccc(Cl)cc2)C1. The third kappa shape index (κ3) is 3.47. The summed E-state index contributed by atoms with van der Waals surface area (Å²) in [4.78, 5) is 18.9. The maximum atomic E-state index is 12.8. The fourth-order valence-corrected chi connectivity index (χ4v) is 3.09. The van der Waals surface area contributed by atoms with Gasteiger partial charge in [-0.2, -0.15) is 5.10 Å². The first-order chi connectivity index (χ1) is 12.7. The number of morpholine rings is 1. The molecule has 1 N–H and O–H groups in total. The Bertz CT molecular complexity index is 895. The molecule has 0 bridgehead atoms. The van der Waals surface area contributed by atoms with Crippen LogP contribution < -0.4 is 0 Å². The normalized spacial score (nSPS) is 17.3. The summed E-state index contributed by atoms with van der Waals surface area (Å²) < 4.78 is 5.82. The van der Waals surface area contributed by atoms with Crippen LogP contribution in [0.1, 0.15) is 22.2 Å². The minimum Gasteiger partial charge on any atom is -0.370 e. The van der Waals surface area contributed by atoms with Gasteiger partial charge in [-0.1, -0.05) is 29.8 Å². The van der Waals surface area contributed by atoms with E-state index in [9.17, 15) is 4.79 Å². The van der Waals surface area contributed by atoms with Gasteiger partial charge < -0.3 is 9.64 Å². The minimum absolute atomic E-state index is 0.0954. The molecule has 0 unspecified atom stereocenters. The molecule has 6 nitrogen and oxygen atoms in total. The van der Waals surface area contributed by atoms with E-state index in [1.54, 1.807) is 17.2 Å². The average Bonchev–Trinajstić information content (AvgIpc) is 3.19. The molecule has 2 aromatic heterocycles. The number of pyridine rings is 1. The number of H-pyrrole nitrogens is 1. The molecule has 3 aromatic rings. The maximum absolute atomic E-state index is 12.8. The van der Waals surface area contributed by atoms with Crippen LogP contribution in [-0.4, -0.2) is 45.7 Å². The summed E-state index contributed by atoms with van der Waals surface area (Å²) in [7, 11) is 0. The van der Waals surface area contributed by atoms with Crippen LogP contribution in [-0.2, 0) is 4.74 Å². The van der Waals surface area contributed by atoms with E-state index in [2.05, 4.69) is 15.2 Å². The van der Waals surface area contributed by atoms with Gasteiger partial charge in [0.2, 0.25) is 0 Å².